The summed E-state index contributed by atoms with van der Waals surface area (Å²) in [4.78, 5) is 5.55. The zero-order chi connectivity index (χ0) is 16.4. The van der Waals surface area contributed by atoms with Gasteiger partial charge in [-0.1, -0.05) is 66.7 Å². The Morgan fingerprint density at radius 1 is 0.667 bits per heavy atom. The highest BCUT2D eigenvalue weighted by molar-refractivity contribution is 7.18. The van der Waals surface area contributed by atoms with E-state index in [4.69, 9.17) is 0 Å². The zero-order valence-corrected chi connectivity index (χ0v) is 13.7. The van der Waals surface area contributed by atoms with Crippen molar-refractivity contribution in [3.63, 3.8) is 0 Å². The molecule has 4 rings (SSSR count). The lowest BCUT2D eigenvalue weighted by molar-refractivity contribution is 0.477. The molecule has 3 heteroatoms. The van der Waals surface area contributed by atoms with Gasteiger partial charge in [0.2, 0.25) is 0 Å². The van der Waals surface area contributed by atoms with E-state index in [0.29, 0.717) is 0 Å². The molecule has 0 saturated carbocycles. The minimum atomic E-state index is 0.262. The number of thiazole rings is 1. The second-order valence-corrected chi connectivity index (χ2v) is 6.52. The van der Waals surface area contributed by atoms with E-state index in [1.54, 1.807) is 17.4 Å². The van der Waals surface area contributed by atoms with Gasteiger partial charge in [0, 0.05) is 6.20 Å². The van der Waals surface area contributed by atoms with Gasteiger partial charge in [-0.2, -0.15) is 0 Å². The second kappa shape index (κ2) is 6.30. The predicted molar refractivity (Wildman–Crippen MR) is 100 cm³/mol. The maximum Gasteiger partial charge on any atom is 0.127 e. The number of benzene rings is 3. The third kappa shape index (κ3) is 2.82. The smallest absolute Gasteiger partial charge is 0.127 e. The third-order valence-corrected chi connectivity index (χ3v) is 5.00. The minimum absolute atomic E-state index is 0.262. The van der Waals surface area contributed by atoms with Crippen LogP contribution in [0, 0.1) is 0 Å². The van der Waals surface area contributed by atoms with Gasteiger partial charge in [0.25, 0.3) is 0 Å². The third-order valence-electron chi connectivity index (χ3n) is 3.92. The van der Waals surface area contributed by atoms with Crippen molar-refractivity contribution in [1.29, 1.82) is 0 Å². The largest absolute Gasteiger partial charge is 0.507 e. The van der Waals surface area contributed by atoms with Gasteiger partial charge in [-0.25, -0.2) is 4.98 Å². The van der Waals surface area contributed by atoms with Gasteiger partial charge >= 0.3 is 0 Å². The number of phenols is 1. The van der Waals surface area contributed by atoms with Gasteiger partial charge in [-0.15, -0.1) is 11.3 Å². The Balaban J connectivity index is 1.65. The molecule has 0 fully saturated rings. The van der Waals surface area contributed by atoms with Crippen molar-refractivity contribution in [3.8, 4) is 37.9 Å². The van der Waals surface area contributed by atoms with E-state index in [0.717, 1.165) is 21.0 Å². The molecule has 24 heavy (non-hydrogen) atoms. The summed E-state index contributed by atoms with van der Waals surface area (Å²) in [6.07, 6.45) is 1.87. The molecule has 0 saturated heterocycles. The van der Waals surface area contributed by atoms with Crippen LogP contribution in [0.2, 0.25) is 0 Å². The fourth-order valence-electron chi connectivity index (χ4n) is 2.64. The summed E-state index contributed by atoms with van der Waals surface area (Å²) in [5.41, 5.74) is 4.32. The average molecular weight is 329 g/mol. The summed E-state index contributed by atoms with van der Waals surface area (Å²) in [5, 5.41) is 10.8. The molecule has 4 aromatic rings. The first kappa shape index (κ1) is 14.7. The Bertz CT molecular complexity index is 959. The molecule has 0 aliphatic rings. The number of hydrogen-bond acceptors (Lipinski definition) is 3. The zero-order valence-electron chi connectivity index (χ0n) is 12.9. The van der Waals surface area contributed by atoms with Crippen LogP contribution in [0.3, 0.4) is 0 Å². The van der Waals surface area contributed by atoms with E-state index in [1.165, 1.54) is 11.1 Å². The highest BCUT2D eigenvalue weighted by Gasteiger charge is 2.10. The Labute approximate surface area is 144 Å². The van der Waals surface area contributed by atoms with E-state index >= 15 is 0 Å². The van der Waals surface area contributed by atoms with Crippen LogP contribution in [0.4, 0.5) is 0 Å². The van der Waals surface area contributed by atoms with Crippen LogP contribution in [0.5, 0.6) is 5.75 Å². The van der Waals surface area contributed by atoms with Crippen molar-refractivity contribution < 1.29 is 5.11 Å². The molecule has 0 aliphatic heterocycles. The summed E-state index contributed by atoms with van der Waals surface area (Å²) in [7, 11) is 0. The molecule has 0 radical (unpaired) electrons. The summed E-state index contributed by atoms with van der Waals surface area (Å²) in [6, 6.07) is 26.1. The normalized spacial score (nSPS) is 10.7. The predicted octanol–water partition coefficient (Wildman–Crippen LogP) is 5.85. The van der Waals surface area contributed by atoms with Gasteiger partial charge in [0.05, 0.1) is 10.4 Å². The fourth-order valence-corrected chi connectivity index (χ4v) is 3.60. The van der Waals surface area contributed by atoms with Gasteiger partial charge in [-0.3, -0.25) is 0 Å². The van der Waals surface area contributed by atoms with Gasteiger partial charge in [-0.05, 0) is 28.8 Å². The molecule has 0 bridgehead atoms. The quantitative estimate of drug-likeness (QED) is 0.511. The van der Waals surface area contributed by atoms with Crippen molar-refractivity contribution in [2.75, 3.05) is 0 Å². The van der Waals surface area contributed by atoms with Crippen LogP contribution in [0.25, 0.3) is 32.1 Å². The maximum absolute atomic E-state index is 9.97. The molecule has 1 heterocycles. The molecule has 0 amide bonds. The van der Waals surface area contributed by atoms with Crippen molar-refractivity contribution >= 4 is 11.3 Å². The van der Waals surface area contributed by atoms with Crippen LogP contribution in [0.15, 0.2) is 85.1 Å². The van der Waals surface area contributed by atoms with Crippen molar-refractivity contribution in [2.24, 2.45) is 0 Å². The molecule has 0 aliphatic carbocycles. The van der Waals surface area contributed by atoms with E-state index in [1.807, 2.05) is 42.6 Å². The first-order valence-electron chi connectivity index (χ1n) is 7.71. The molecule has 1 N–H and O–H groups in total. The minimum Gasteiger partial charge on any atom is -0.507 e. The average Bonchev–Trinajstić information content (AvgIpc) is 3.13. The van der Waals surface area contributed by atoms with Crippen LogP contribution in [-0.2, 0) is 0 Å². The molecule has 0 spiro atoms. The SMILES string of the molecule is Oc1ccccc1-c1ncc(-c2ccc(-c3ccccc3)cc2)s1. The molecule has 3 aromatic carbocycles. The van der Waals surface area contributed by atoms with Crippen LogP contribution >= 0.6 is 11.3 Å². The summed E-state index contributed by atoms with van der Waals surface area (Å²) >= 11 is 1.58. The first-order valence-corrected chi connectivity index (χ1v) is 8.53. The lowest BCUT2D eigenvalue weighted by Crippen LogP contribution is -1.77. The second-order valence-electron chi connectivity index (χ2n) is 5.49. The number of aromatic nitrogens is 1. The highest BCUT2D eigenvalue weighted by Crippen LogP contribution is 2.36. The molecule has 0 atom stereocenters. The highest BCUT2D eigenvalue weighted by atomic mass is 32.1. The molecule has 1 aromatic heterocycles. The standard InChI is InChI=1S/C21H15NOS/c23-19-9-5-4-8-18(19)21-22-14-20(24-21)17-12-10-16(11-13-17)15-6-2-1-3-7-15/h1-14,23H. The lowest BCUT2D eigenvalue weighted by Gasteiger charge is -2.03. The van der Waals surface area contributed by atoms with E-state index in [-0.39, 0.29) is 5.75 Å². The number of aromatic hydroxyl groups is 1. The lowest BCUT2D eigenvalue weighted by atomic mass is 10.0. The van der Waals surface area contributed by atoms with Gasteiger partial charge < -0.3 is 5.11 Å². The van der Waals surface area contributed by atoms with Gasteiger partial charge in [0.15, 0.2) is 0 Å². The Morgan fingerprint density at radius 3 is 2.04 bits per heavy atom. The topological polar surface area (TPSA) is 33.1 Å². The monoisotopic (exact) mass is 329 g/mol. The number of hydrogen-bond donors (Lipinski definition) is 1. The summed E-state index contributed by atoms with van der Waals surface area (Å²) in [5.74, 6) is 0.262. The summed E-state index contributed by atoms with van der Waals surface area (Å²) in [6.45, 7) is 0. The number of phenolic OH excluding ortho intramolecular Hbond substituents is 1. The Kier molecular flexibility index (Phi) is 3.85. The maximum atomic E-state index is 9.97. The molecule has 116 valence electrons. The van der Waals surface area contributed by atoms with E-state index in [2.05, 4.69) is 41.4 Å². The molecular weight excluding hydrogens is 314 g/mol. The van der Waals surface area contributed by atoms with Crippen molar-refractivity contribution in [2.45, 2.75) is 0 Å². The van der Waals surface area contributed by atoms with E-state index in [9.17, 15) is 5.11 Å². The summed E-state index contributed by atoms with van der Waals surface area (Å²) < 4.78 is 0. The van der Waals surface area contributed by atoms with Crippen molar-refractivity contribution in [1.82, 2.24) is 4.98 Å². The Morgan fingerprint density at radius 2 is 1.29 bits per heavy atom. The number of nitrogens with zero attached hydrogens (tertiary/aromatic N) is 1. The molecule has 0 unspecified atom stereocenters. The Hall–Kier alpha value is -2.91. The molecule has 2 nitrogen and oxygen atoms in total. The van der Waals surface area contributed by atoms with Crippen LogP contribution in [-0.4, -0.2) is 10.1 Å². The number of rotatable bonds is 3. The molecular formula is C21H15NOS. The number of para-hydroxylation sites is 1. The van der Waals surface area contributed by atoms with Crippen LogP contribution in [0.1, 0.15) is 0 Å². The fraction of sp³-hybridized carbons (Fsp3) is 0. The van der Waals surface area contributed by atoms with E-state index < -0.39 is 0 Å². The van der Waals surface area contributed by atoms with Crippen molar-refractivity contribution in [3.05, 3.63) is 85.1 Å². The first-order chi connectivity index (χ1) is 11.8. The van der Waals surface area contributed by atoms with Gasteiger partial charge in [0.1, 0.15) is 10.8 Å². The van der Waals surface area contributed by atoms with Crippen LogP contribution < -0.4 is 0 Å².